The maximum Gasteiger partial charge on any atom is 0.127 e. The Kier molecular flexibility index (Phi) is 3.82. The lowest BCUT2D eigenvalue weighted by Gasteiger charge is -2.29. The van der Waals surface area contributed by atoms with Crippen molar-refractivity contribution in [2.75, 3.05) is 17.6 Å². The zero-order valence-electron chi connectivity index (χ0n) is 12.6. The van der Waals surface area contributed by atoms with Crippen LogP contribution in [0.1, 0.15) is 37.3 Å². The van der Waals surface area contributed by atoms with E-state index in [2.05, 4.69) is 41.5 Å². The lowest BCUT2D eigenvalue weighted by Crippen LogP contribution is -2.25. The van der Waals surface area contributed by atoms with Crippen LogP contribution in [0.4, 0.5) is 11.5 Å². The van der Waals surface area contributed by atoms with Crippen LogP contribution in [0, 0.1) is 0 Å². The number of nitrogens with one attached hydrogen (secondary N) is 1. The summed E-state index contributed by atoms with van der Waals surface area (Å²) in [5.74, 6) is 0.868. The molecule has 0 radical (unpaired) electrons. The van der Waals surface area contributed by atoms with Crippen LogP contribution >= 0.6 is 0 Å². The molecule has 0 spiro atoms. The normalized spacial score (nSPS) is 20.2. The number of benzene rings is 1. The van der Waals surface area contributed by atoms with Gasteiger partial charge in [0.1, 0.15) is 5.82 Å². The molecule has 1 aliphatic rings. The molecule has 3 rings (SSSR count). The first kappa shape index (κ1) is 13.9. The van der Waals surface area contributed by atoms with Crippen LogP contribution in [0.3, 0.4) is 0 Å². The van der Waals surface area contributed by atoms with E-state index in [1.807, 2.05) is 12.1 Å². The third kappa shape index (κ3) is 2.73. The molecule has 0 aliphatic heterocycles. The molecule has 1 aromatic carbocycles. The molecule has 3 nitrogen and oxygen atoms in total. The van der Waals surface area contributed by atoms with Gasteiger partial charge in [-0.3, -0.25) is 0 Å². The van der Waals surface area contributed by atoms with E-state index in [4.69, 9.17) is 5.73 Å². The van der Waals surface area contributed by atoms with Crippen molar-refractivity contribution < 1.29 is 0 Å². The van der Waals surface area contributed by atoms with Crippen molar-refractivity contribution in [2.45, 2.75) is 38.0 Å². The number of nitrogen functional groups attached to an aromatic ring is 1. The molecular formula is C18H23N3. The first-order chi connectivity index (χ1) is 10.2. The third-order valence-corrected chi connectivity index (χ3v) is 4.83. The number of anilines is 2. The molecule has 0 bridgehead atoms. The van der Waals surface area contributed by atoms with Crippen molar-refractivity contribution in [3.63, 3.8) is 0 Å². The third-order valence-electron chi connectivity index (χ3n) is 4.83. The number of aromatic nitrogens is 1. The quantitative estimate of drug-likeness (QED) is 0.877. The van der Waals surface area contributed by atoms with Gasteiger partial charge in [0.2, 0.25) is 0 Å². The molecule has 0 saturated heterocycles. The molecule has 3 heteroatoms. The van der Waals surface area contributed by atoms with Gasteiger partial charge in [-0.05, 0) is 48.3 Å². The minimum Gasteiger partial charge on any atom is -0.399 e. The van der Waals surface area contributed by atoms with E-state index in [1.165, 1.54) is 24.8 Å². The molecule has 1 heterocycles. The summed E-state index contributed by atoms with van der Waals surface area (Å²) in [4.78, 5) is 4.31. The number of hydrogen-bond acceptors (Lipinski definition) is 3. The number of fused-ring (bicyclic) bond motifs is 1. The van der Waals surface area contributed by atoms with Gasteiger partial charge >= 0.3 is 0 Å². The molecule has 0 amide bonds. The van der Waals surface area contributed by atoms with Crippen molar-refractivity contribution in [1.82, 2.24) is 4.98 Å². The van der Waals surface area contributed by atoms with E-state index in [1.54, 1.807) is 11.8 Å². The Morgan fingerprint density at radius 1 is 1.29 bits per heavy atom. The summed E-state index contributed by atoms with van der Waals surface area (Å²) in [6.45, 7) is 3.24. The molecule has 0 fully saturated rings. The van der Waals surface area contributed by atoms with Gasteiger partial charge in [-0.15, -0.1) is 0 Å². The fraction of sp³-hybridized carbons (Fsp3) is 0.389. The van der Waals surface area contributed by atoms with Gasteiger partial charge in [-0.2, -0.15) is 0 Å². The molecule has 1 aromatic heterocycles. The van der Waals surface area contributed by atoms with Gasteiger partial charge in [0.05, 0.1) is 0 Å². The highest BCUT2D eigenvalue weighted by Gasteiger charge is 2.36. The zero-order valence-corrected chi connectivity index (χ0v) is 12.6. The van der Waals surface area contributed by atoms with Crippen LogP contribution in [0.5, 0.6) is 0 Å². The van der Waals surface area contributed by atoms with Gasteiger partial charge in [0.25, 0.3) is 0 Å². The number of hydrogen-bond donors (Lipinski definition) is 2. The smallest absolute Gasteiger partial charge is 0.127 e. The number of aryl methyl sites for hydroxylation is 1. The summed E-state index contributed by atoms with van der Waals surface area (Å²) >= 11 is 0. The number of nitrogens with zero attached hydrogens (tertiary/aromatic N) is 1. The largest absolute Gasteiger partial charge is 0.399 e. The first-order valence-corrected chi connectivity index (χ1v) is 7.77. The number of pyridine rings is 1. The topological polar surface area (TPSA) is 50.9 Å². The highest BCUT2D eigenvalue weighted by atomic mass is 15.0. The second-order valence-electron chi connectivity index (χ2n) is 5.94. The monoisotopic (exact) mass is 281 g/mol. The van der Waals surface area contributed by atoms with E-state index >= 15 is 0 Å². The summed E-state index contributed by atoms with van der Waals surface area (Å²) < 4.78 is 0. The van der Waals surface area contributed by atoms with Crippen molar-refractivity contribution in [1.29, 1.82) is 0 Å². The number of rotatable bonds is 5. The van der Waals surface area contributed by atoms with Gasteiger partial charge < -0.3 is 11.1 Å². The SMILES string of the molecule is CCC1(CCNc2cc(N)ccn2)CCc2ccccc21. The van der Waals surface area contributed by atoms with Gasteiger partial charge in [0.15, 0.2) is 0 Å². The van der Waals surface area contributed by atoms with E-state index < -0.39 is 0 Å². The predicted molar refractivity (Wildman–Crippen MR) is 88.5 cm³/mol. The molecule has 1 aliphatic carbocycles. The zero-order chi connectivity index (χ0) is 14.7. The van der Waals surface area contributed by atoms with Crippen LogP contribution in [0.25, 0.3) is 0 Å². The minimum absolute atomic E-state index is 0.323. The van der Waals surface area contributed by atoms with E-state index in [0.29, 0.717) is 5.41 Å². The average Bonchev–Trinajstić information content (AvgIpc) is 2.87. The molecule has 110 valence electrons. The Bertz CT molecular complexity index is 623. The highest BCUT2D eigenvalue weighted by Crippen LogP contribution is 2.43. The summed E-state index contributed by atoms with van der Waals surface area (Å²) in [6, 6.07) is 12.6. The van der Waals surface area contributed by atoms with Gasteiger partial charge in [0, 0.05) is 24.5 Å². The van der Waals surface area contributed by atoms with E-state index in [0.717, 1.165) is 24.5 Å². The minimum atomic E-state index is 0.323. The predicted octanol–water partition coefficient (Wildman–Crippen LogP) is 3.76. The second kappa shape index (κ2) is 5.76. The van der Waals surface area contributed by atoms with Crippen molar-refractivity contribution in [3.05, 3.63) is 53.7 Å². The molecule has 1 atom stereocenters. The highest BCUT2D eigenvalue weighted by molar-refractivity contribution is 5.48. The lowest BCUT2D eigenvalue weighted by atomic mass is 9.76. The van der Waals surface area contributed by atoms with Gasteiger partial charge in [-0.25, -0.2) is 4.98 Å². The van der Waals surface area contributed by atoms with Crippen molar-refractivity contribution >= 4 is 11.5 Å². The lowest BCUT2D eigenvalue weighted by molar-refractivity contribution is 0.387. The molecular weight excluding hydrogens is 258 g/mol. The first-order valence-electron chi connectivity index (χ1n) is 7.77. The Labute approximate surface area is 126 Å². The van der Waals surface area contributed by atoms with Crippen molar-refractivity contribution in [3.8, 4) is 0 Å². The Balaban J connectivity index is 1.69. The van der Waals surface area contributed by atoms with Crippen LogP contribution in [0.15, 0.2) is 42.6 Å². The Hall–Kier alpha value is -2.03. The molecule has 3 N–H and O–H groups in total. The van der Waals surface area contributed by atoms with Crippen LogP contribution in [-0.4, -0.2) is 11.5 Å². The van der Waals surface area contributed by atoms with Crippen molar-refractivity contribution in [2.24, 2.45) is 0 Å². The maximum absolute atomic E-state index is 5.79. The molecule has 1 unspecified atom stereocenters. The summed E-state index contributed by atoms with van der Waals surface area (Å²) in [6.07, 6.45) is 6.54. The van der Waals surface area contributed by atoms with Crippen LogP contribution in [-0.2, 0) is 11.8 Å². The maximum atomic E-state index is 5.79. The van der Waals surface area contributed by atoms with Gasteiger partial charge in [-0.1, -0.05) is 31.2 Å². The fourth-order valence-electron chi connectivity index (χ4n) is 3.54. The van der Waals surface area contributed by atoms with Crippen LogP contribution in [0.2, 0.25) is 0 Å². The molecule has 0 saturated carbocycles. The van der Waals surface area contributed by atoms with E-state index in [9.17, 15) is 0 Å². The Morgan fingerprint density at radius 3 is 2.95 bits per heavy atom. The second-order valence-corrected chi connectivity index (χ2v) is 5.94. The Morgan fingerprint density at radius 2 is 2.14 bits per heavy atom. The summed E-state index contributed by atoms with van der Waals surface area (Å²) in [7, 11) is 0. The number of nitrogens with two attached hydrogens (primary N) is 1. The average molecular weight is 281 g/mol. The summed E-state index contributed by atoms with van der Waals surface area (Å²) in [5.41, 5.74) is 9.94. The standard InChI is InChI=1S/C18H23N3/c1-2-18(9-7-14-5-3-4-6-16(14)18)10-12-21-17-13-15(19)8-11-20-17/h3-6,8,11,13H,2,7,9-10,12H2,1H3,(H3,19,20,21). The summed E-state index contributed by atoms with van der Waals surface area (Å²) in [5, 5.41) is 3.41. The molecule has 2 aromatic rings. The van der Waals surface area contributed by atoms with E-state index in [-0.39, 0.29) is 0 Å². The molecule has 21 heavy (non-hydrogen) atoms. The van der Waals surface area contributed by atoms with Crippen LogP contribution < -0.4 is 11.1 Å². The fourth-order valence-corrected chi connectivity index (χ4v) is 3.54.